The second kappa shape index (κ2) is 12.0. The zero-order chi connectivity index (χ0) is 28.2. The first-order chi connectivity index (χ1) is 20.0. The van der Waals surface area contributed by atoms with E-state index in [9.17, 15) is 4.79 Å². The van der Waals surface area contributed by atoms with E-state index < -0.39 is 0 Å². The van der Waals surface area contributed by atoms with Gasteiger partial charge in [0.25, 0.3) is 0 Å². The molecule has 1 aliphatic carbocycles. The number of piperidine rings is 1. The summed E-state index contributed by atoms with van der Waals surface area (Å²) >= 11 is 0. The number of pyridine rings is 1. The van der Waals surface area contributed by atoms with Gasteiger partial charge >= 0.3 is 0 Å². The van der Waals surface area contributed by atoms with Gasteiger partial charge in [-0.3, -0.25) is 14.8 Å². The molecule has 3 heterocycles. The molecule has 1 saturated heterocycles. The molecule has 1 amide bonds. The molecular formula is C32H36N6O3. The molecule has 212 valence electrons. The Morgan fingerprint density at radius 1 is 1.10 bits per heavy atom. The van der Waals surface area contributed by atoms with Crippen LogP contribution in [0, 0.1) is 6.92 Å². The van der Waals surface area contributed by atoms with Crippen LogP contribution in [0.1, 0.15) is 31.2 Å². The minimum atomic E-state index is 0.0634. The molecule has 2 aromatic heterocycles. The lowest BCUT2D eigenvalue weighted by Crippen LogP contribution is -2.44. The number of aryl methyl sites for hydroxylation is 1. The molecule has 6 rings (SSSR count). The lowest BCUT2D eigenvalue weighted by molar-refractivity contribution is -0.127. The second-order valence-electron chi connectivity index (χ2n) is 10.9. The number of benzene rings is 2. The van der Waals surface area contributed by atoms with Gasteiger partial charge in [0.15, 0.2) is 11.5 Å². The number of likely N-dealkylation sites (N-methyl/N-ethyl adjacent to an activating group) is 1. The molecule has 2 N–H and O–H groups in total. The van der Waals surface area contributed by atoms with E-state index in [0.717, 1.165) is 54.1 Å². The summed E-state index contributed by atoms with van der Waals surface area (Å²) in [7, 11) is 2.12. The SMILES string of the molecule is Cc1cc(Oc2ccccc2)ccc1Oc1ccnc2[nH]nc(N[C@@H]3CCCN(C(=O)C=CCN(C)C4CC4)C3)c12. The van der Waals surface area contributed by atoms with Crippen LogP contribution in [0.5, 0.6) is 23.0 Å². The molecule has 1 atom stereocenters. The summed E-state index contributed by atoms with van der Waals surface area (Å²) in [5.41, 5.74) is 1.58. The molecule has 9 heteroatoms. The molecule has 0 radical (unpaired) electrons. The fourth-order valence-corrected chi connectivity index (χ4v) is 5.23. The third kappa shape index (κ3) is 6.52. The van der Waals surface area contributed by atoms with Crippen molar-refractivity contribution < 1.29 is 14.3 Å². The van der Waals surface area contributed by atoms with Crippen LogP contribution in [-0.4, -0.2) is 69.7 Å². The summed E-state index contributed by atoms with van der Waals surface area (Å²) in [5, 5.41) is 11.9. The minimum Gasteiger partial charge on any atom is -0.457 e. The number of hydrogen-bond acceptors (Lipinski definition) is 7. The van der Waals surface area contributed by atoms with Crippen LogP contribution in [0.25, 0.3) is 11.0 Å². The van der Waals surface area contributed by atoms with Crippen LogP contribution in [0.3, 0.4) is 0 Å². The highest BCUT2D eigenvalue weighted by Crippen LogP contribution is 2.36. The predicted molar refractivity (Wildman–Crippen MR) is 160 cm³/mol. The molecule has 2 aliphatic rings. The Kier molecular flexibility index (Phi) is 7.86. The van der Waals surface area contributed by atoms with Gasteiger partial charge in [0.2, 0.25) is 5.91 Å². The standard InChI is InChI=1S/C32H36N6O3/c1-22-20-26(40-25-9-4-3-5-10-25)14-15-27(22)41-28-16-17-33-31-30(28)32(36-35-31)34-23-8-6-19-38(21-23)29(39)11-7-18-37(2)24-12-13-24/h3-5,7,9-11,14-17,20,23-24H,6,8,12-13,18-19,21H2,1-2H3,(H2,33,34,35,36)/t23-/m1/s1. The van der Waals surface area contributed by atoms with E-state index in [0.29, 0.717) is 29.8 Å². The van der Waals surface area contributed by atoms with E-state index in [1.165, 1.54) is 12.8 Å². The third-order valence-electron chi connectivity index (χ3n) is 7.67. The number of ether oxygens (including phenoxy) is 2. The lowest BCUT2D eigenvalue weighted by atomic mass is 10.1. The third-order valence-corrected chi connectivity index (χ3v) is 7.67. The fourth-order valence-electron chi connectivity index (χ4n) is 5.23. The van der Waals surface area contributed by atoms with Gasteiger partial charge in [-0.05, 0) is 75.5 Å². The highest BCUT2D eigenvalue weighted by molar-refractivity contribution is 5.93. The minimum absolute atomic E-state index is 0.0634. The van der Waals surface area contributed by atoms with Crippen molar-refractivity contribution in [3.05, 3.63) is 78.5 Å². The van der Waals surface area contributed by atoms with Crippen LogP contribution in [-0.2, 0) is 4.79 Å². The number of H-pyrrole nitrogens is 1. The van der Waals surface area contributed by atoms with Gasteiger partial charge in [-0.15, -0.1) is 0 Å². The van der Waals surface area contributed by atoms with Crippen LogP contribution in [0.4, 0.5) is 5.82 Å². The van der Waals surface area contributed by atoms with Gasteiger partial charge in [0.05, 0.1) is 0 Å². The van der Waals surface area contributed by atoms with E-state index in [1.54, 1.807) is 12.3 Å². The monoisotopic (exact) mass is 552 g/mol. The normalized spacial score (nSPS) is 17.3. The number of aromatic nitrogens is 3. The molecule has 0 unspecified atom stereocenters. The first-order valence-corrected chi connectivity index (χ1v) is 14.3. The van der Waals surface area contributed by atoms with Crippen molar-refractivity contribution in [2.24, 2.45) is 0 Å². The van der Waals surface area contributed by atoms with Crippen molar-refractivity contribution in [1.82, 2.24) is 25.0 Å². The number of rotatable bonds is 10. The van der Waals surface area contributed by atoms with Crippen LogP contribution in [0.2, 0.25) is 0 Å². The maximum absolute atomic E-state index is 12.9. The molecule has 0 spiro atoms. The summed E-state index contributed by atoms with van der Waals surface area (Å²) in [6.07, 6.45) is 9.81. The number of anilines is 1. The second-order valence-corrected chi connectivity index (χ2v) is 10.9. The summed E-state index contributed by atoms with van der Waals surface area (Å²) in [4.78, 5) is 21.5. The Labute approximate surface area is 240 Å². The molecule has 0 bridgehead atoms. The molecule has 1 saturated carbocycles. The number of amides is 1. The number of likely N-dealkylation sites (tertiary alicyclic amines) is 1. The number of nitrogens with one attached hydrogen (secondary N) is 2. The summed E-state index contributed by atoms with van der Waals surface area (Å²) < 4.78 is 12.4. The Balaban J connectivity index is 1.13. The van der Waals surface area contributed by atoms with Crippen molar-refractivity contribution >= 4 is 22.8 Å². The van der Waals surface area contributed by atoms with E-state index in [-0.39, 0.29) is 11.9 Å². The van der Waals surface area contributed by atoms with E-state index in [4.69, 9.17) is 9.47 Å². The molecular weight excluding hydrogens is 516 g/mol. The number of fused-ring (bicyclic) bond motifs is 1. The average molecular weight is 553 g/mol. The maximum atomic E-state index is 12.9. The fraction of sp³-hybridized carbons (Fsp3) is 0.344. The molecule has 1 aliphatic heterocycles. The maximum Gasteiger partial charge on any atom is 0.246 e. The molecule has 2 aromatic carbocycles. The van der Waals surface area contributed by atoms with E-state index >= 15 is 0 Å². The quantitative estimate of drug-likeness (QED) is 0.236. The molecule has 41 heavy (non-hydrogen) atoms. The number of carbonyl (C=O) groups is 1. The first kappa shape index (κ1) is 26.8. The van der Waals surface area contributed by atoms with Crippen molar-refractivity contribution in [2.45, 2.75) is 44.7 Å². The number of hydrogen-bond donors (Lipinski definition) is 2. The van der Waals surface area contributed by atoms with Crippen molar-refractivity contribution in [3.63, 3.8) is 0 Å². The van der Waals surface area contributed by atoms with Crippen molar-refractivity contribution in [2.75, 3.05) is 32.0 Å². The van der Waals surface area contributed by atoms with Gasteiger partial charge in [0.1, 0.15) is 28.4 Å². The molecule has 2 fully saturated rings. The van der Waals surface area contributed by atoms with E-state index in [1.807, 2.05) is 72.5 Å². The molecule has 9 nitrogen and oxygen atoms in total. The predicted octanol–water partition coefficient (Wildman–Crippen LogP) is 5.90. The van der Waals surface area contributed by atoms with Crippen LogP contribution < -0.4 is 14.8 Å². The smallest absolute Gasteiger partial charge is 0.246 e. The summed E-state index contributed by atoms with van der Waals surface area (Å²) in [5.74, 6) is 3.63. The average Bonchev–Trinajstić information content (AvgIpc) is 3.76. The Hall–Kier alpha value is -4.37. The zero-order valence-electron chi connectivity index (χ0n) is 23.5. The van der Waals surface area contributed by atoms with Gasteiger partial charge < -0.3 is 19.7 Å². The Morgan fingerprint density at radius 2 is 1.95 bits per heavy atom. The van der Waals surface area contributed by atoms with Crippen LogP contribution in [0.15, 0.2) is 72.9 Å². The lowest BCUT2D eigenvalue weighted by Gasteiger charge is -2.32. The summed E-state index contributed by atoms with van der Waals surface area (Å²) in [6.45, 7) is 4.18. The van der Waals surface area contributed by atoms with Gasteiger partial charge in [-0.1, -0.05) is 24.3 Å². The van der Waals surface area contributed by atoms with Gasteiger partial charge in [-0.2, -0.15) is 5.10 Å². The zero-order valence-corrected chi connectivity index (χ0v) is 23.5. The van der Waals surface area contributed by atoms with Crippen molar-refractivity contribution in [1.29, 1.82) is 0 Å². The van der Waals surface area contributed by atoms with Crippen molar-refractivity contribution in [3.8, 4) is 23.0 Å². The number of para-hydroxylation sites is 1. The highest BCUT2D eigenvalue weighted by atomic mass is 16.5. The summed E-state index contributed by atoms with van der Waals surface area (Å²) in [6, 6.07) is 18.1. The topological polar surface area (TPSA) is 95.6 Å². The van der Waals surface area contributed by atoms with E-state index in [2.05, 4.69) is 32.4 Å². The Bertz CT molecular complexity index is 1530. The largest absolute Gasteiger partial charge is 0.457 e. The Morgan fingerprint density at radius 3 is 2.76 bits per heavy atom. The number of nitrogens with zero attached hydrogens (tertiary/aromatic N) is 4. The van der Waals surface area contributed by atoms with Crippen LogP contribution >= 0.6 is 0 Å². The first-order valence-electron chi connectivity index (χ1n) is 14.3. The molecule has 4 aromatic rings. The number of aromatic amines is 1. The highest BCUT2D eigenvalue weighted by Gasteiger charge is 2.26. The van der Waals surface area contributed by atoms with Gasteiger partial charge in [-0.25, -0.2) is 4.98 Å². The van der Waals surface area contributed by atoms with Gasteiger partial charge in [0, 0.05) is 50.1 Å². The number of carbonyl (C=O) groups excluding carboxylic acids is 1.